The molecular formula is C8H17N3. The van der Waals surface area contributed by atoms with Crippen molar-refractivity contribution in [2.24, 2.45) is 9.98 Å². The van der Waals surface area contributed by atoms with Crippen LogP contribution in [0.2, 0.25) is 0 Å². The molecule has 0 saturated heterocycles. The highest BCUT2D eigenvalue weighted by molar-refractivity contribution is 5.41. The maximum atomic E-state index is 4.09. The van der Waals surface area contributed by atoms with E-state index in [-0.39, 0.29) is 6.17 Å². The van der Waals surface area contributed by atoms with Crippen molar-refractivity contribution in [1.82, 2.24) is 5.32 Å². The first-order valence-electron chi connectivity index (χ1n) is 4.19. The standard InChI is InChI=1S/C8H17N3/c1-4-8(10-6-3)11-7-9-5-2/h8,10H,4-6H2,1-3H3. The van der Waals surface area contributed by atoms with Gasteiger partial charge in [0.2, 0.25) is 0 Å². The molecule has 0 spiro atoms. The first-order valence-corrected chi connectivity index (χ1v) is 4.19. The van der Waals surface area contributed by atoms with Crippen molar-refractivity contribution in [3.63, 3.8) is 0 Å². The zero-order valence-electron chi connectivity index (χ0n) is 7.59. The van der Waals surface area contributed by atoms with Crippen molar-refractivity contribution in [1.29, 1.82) is 0 Å². The molecule has 0 amide bonds. The van der Waals surface area contributed by atoms with E-state index >= 15 is 0 Å². The summed E-state index contributed by atoms with van der Waals surface area (Å²) >= 11 is 0. The average Bonchev–Trinajstić information content (AvgIpc) is 2.03. The van der Waals surface area contributed by atoms with Gasteiger partial charge in [0.25, 0.3) is 0 Å². The van der Waals surface area contributed by atoms with Crippen LogP contribution in [0.1, 0.15) is 27.2 Å². The predicted molar refractivity (Wildman–Crippen MR) is 48.2 cm³/mol. The molecule has 1 unspecified atom stereocenters. The van der Waals surface area contributed by atoms with Crippen LogP contribution in [0.4, 0.5) is 0 Å². The van der Waals surface area contributed by atoms with Crippen molar-refractivity contribution in [2.75, 3.05) is 13.1 Å². The number of nitrogens with zero attached hydrogens (tertiary/aromatic N) is 2. The Morgan fingerprint density at radius 1 is 1.36 bits per heavy atom. The second-order valence-electron chi connectivity index (χ2n) is 2.19. The van der Waals surface area contributed by atoms with Crippen molar-refractivity contribution in [2.45, 2.75) is 33.4 Å². The Labute approximate surface area is 68.6 Å². The molecule has 0 bridgehead atoms. The quantitative estimate of drug-likeness (QED) is 0.600. The van der Waals surface area contributed by atoms with Crippen molar-refractivity contribution >= 4 is 6.01 Å². The van der Waals surface area contributed by atoms with Crippen molar-refractivity contribution < 1.29 is 0 Å². The maximum absolute atomic E-state index is 4.09. The Morgan fingerprint density at radius 2 is 2.09 bits per heavy atom. The zero-order chi connectivity index (χ0) is 8.53. The third-order valence-corrected chi connectivity index (χ3v) is 1.27. The molecule has 0 aliphatic rings. The van der Waals surface area contributed by atoms with Gasteiger partial charge in [-0.25, -0.2) is 9.98 Å². The predicted octanol–water partition coefficient (Wildman–Crippen LogP) is 1.53. The Hall–Kier alpha value is -0.660. The van der Waals surface area contributed by atoms with Gasteiger partial charge in [-0.05, 0) is 19.9 Å². The van der Waals surface area contributed by atoms with E-state index in [2.05, 4.69) is 35.2 Å². The van der Waals surface area contributed by atoms with Gasteiger partial charge in [0.15, 0.2) is 0 Å². The monoisotopic (exact) mass is 155 g/mol. The van der Waals surface area contributed by atoms with Crippen LogP contribution >= 0.6 is 0 Å². The maximum Gasteiger partial charge on any atom is 0.110 e. The summed E-state index contributed by atoms with van der Waals surface area (Å²) in [6.07, 6.45) is 1.18. The first-order chi connectivity index (χ1) is 5.35. The molecule has 0 rings (SSSR count). The normalized spacial score (nSPS) is 11.9. The van der Waals surface area contributed by atoms with Crippen LogP contribution in [-0.4, -0.2) is 25.3 Å². The summed E-state index contributed by atoms with van der Waals surface area (Å²) in [6.45, 7) is 7.82. The minimum atomic E-state index is 0.190. The van der Waals surface area contributed by atoms with E-state index in [0.717, 1.165) is 19.5 Å². The smallest absolute Gasteiger partial charge is 0.110 e. The molecule has 0 aromatic heterocycles. The van der Waals surface area contributed by atoms with Gasteiger partial charge >= 0.3 is 0 Å². The number of nitrogens with one attached hydrogen (secondary N) is 1. The molecule has 11 heavy (non-hydrogen) atoms. The van der Waals surface area contributed by atoms with Crippen LogP contribution in [0, 0.1) is 0 Å². The largest absolute Gasteiger partial charge is 0.295 e. The van der Waals surface area contributed by atoms with Crippen LogP contribution in [0.15, 0.2) is 9.98 Å². The second-order valence-corrected chi connectivity index (χ2v) is 2.19. The highest BCUT2D eigenvalue weighted by Crippen LogP contribution is 1.89. The van der Waals surface area contributed by atoms with Crippen LogP contribution in [0.3, 0.4) is 0 Å². The van der Waals surface area contributed by atoms with Gasteiger partial charge < -0.3 is 0 Å². The number of rotatable bonds is 5. The molecule has 0 saturated carbocycles. The van der Waals surface area contributed by atoms with Crippen molar-refractivity contribution in [3.05, 3.63) is 0 Å². The van der Waals surface area contributed by atoms with Gasteiger partial charge in [-0.2, -0.15) is 0 Å². The molecule has 1 N–H and O–H groups in total. The van der Waals surface area contributed by atoms with Crippen molar-refractivity contribution in [3.8, 4) is 0 Å². The van der Waals surface area contributed by atoms with Gasteiger partial charge in [-0.15, -0.1) is 0 Å². The third kappa shape index (κ3) is 5.77. The molecule has 64 valence electrons. The van der Waals surface area contributed by atoms with E-state index in [1.807, 2.05) is 6.92 Å². The van der Waals surface area contributed by atoms with Gasteiger partial charge in [0.05, 0.1) is 6.01 Å². The SMILES string of the molecule is CCN=C=NC(CC)NCC. The van der Waals surface area contributed by atoms with Crippen LogP contribution in [-0.2, 0) is 0 Å². The Bertz CT molecular complexity index is 136. The fourth-order valence-electron chi connectivity index (χ4n) is 0.698. The van der Waals surface area contributed by atoms with Gasteiger partial charge in [0.1, 0.15) is 6.17 Å². The average molecular weight is 155 g/mol. The lowest BCUT2D eigenvalue weighted by atomic mass is 10.4. The summed E-state index contributed by atoms with van der Waals surface area (Å²) < 4.78 is 0. The van der Waals surface area contributed by atoms with E-state index < -0.39 is 0 Å². The van der Waals surface area contributed by atoms with Crippen LogP contribution in [0.25, 0.3) is 0 Å². The minimum absolute atomic E-state index is 0.190. The fraction of sp³-hybridized carbons (Fsp3) is 0.875. The zero-order valence-corrected chi connectivity index (χ0v) is 7.59. The summed E-state index contributed by atoms with van der Waals surface area (Å²) in [4.78, 5) is 7.98. The van der Waals surface area contributed by atoms with Crippen LogP contribution < -0.4 is 5.32 Å². The topological polar surface area (TPSA) is 36.8 Å². The number of hydrogen-bond acceptors (Lipinski definition) is 3. The van der Waals surface area contributed by atoms with E-state index in [0.29, 0.717) is 0 Å². The highest BCUT2D eigenvalue weighted by Gasteiger charge is 1.97. The lowest BCUT2D eigenvalue weighted by Crippen LogP contribution is -2.25. The van der Waals surface area contributed by atoms with Gasteiger partial charge in [-0.1, -0.05) is 13.8 Å². The summed E-state index contributed by atoms with van der Waals surface area (Å²) in [7, 11) is 0. The highest BCUT2D eigenvalue weighted by atomic mass is 15.1. The molecule has 0 aromatic rings. The van der Waals surface area contributed by atoms with Gasteiger partial charge in [-0.3, -0.25) is 5.32 Å². The van der Waals surface area contributed by atoms with E-state index in [1.54, 1.807) is 0 Å². The molecular weight excluding hydrogens is 138 g/mol. The molecule has 0 heterocycles. The van der Waals surface area contributed by atoms with Gasteiger partial charge in [0, 0.05) is 6.54 Å². The molecule has 1 atom stereocenters. The van der Waals surface area contributed by atoms with E-state index in [9.17, 15) is 0 Å². The first kappa shape index (κ1) is 10.3. The molecule has 0 aromatic carbocycles. The molecule has 0 radical (unpaired) electrons. The Balaban J connectivity index is 3.75. The summed E-state index contributed by atoms with van der Waals surface area (Å²) in [6, 6.07) is 2.66. The summed E-state index contributed by atoms with van der Waals surface area (Å²) in [5.41, 5.74) is 0. The van der Waals surface area contributed by atoms with E-state index in [4.69, 9.17) is 0 Å². The fourth-order valence-corrected chi connectivity index (χ4v) is 0.698. The summed E-state index contributed by atoms with van der Waals surface area (Å²) in [5.74, 6) is 0. The molecule has 0 aliphatic heterocycles. The minimum Gasteiger partial charge on any atom is -0.295 e. The number of hydrogen-bond donors (Lipinski definition) is 1. The lowest BCUT2D eigenvalue weighted by molar-refractivity contribution is 0.535. The molecule has 3 heteroatoms. The van der Waals surface area contributed by atoms with E-state index in [1.165, 1.54) is 0 Å². The lowest BCUT2D eigenvalue weighted by Gasteiger charge is -2.06. The molecule has 3 nitrogen and oxygen atoms in total. The second kappa shape index (κ2) is 7.45. The Kier molecular flexibility index (Phi) is 7.00. The number of aliphatic imine (C=N–C) groups is 2. The summed E-state index contributed by atoms with van der Waals surface area (Å²) in [5, 5.41) is 3.20. The third-order valence-electron chi connectivity index (χ3n) is 1.27. The molecule has 0 fully saturated rings. The molecule has 0 aliphatic carbocycles. The Morgan fingerprint density at radius 3 is 2.55 bits per heavy atom. The van der Waals surface area contributed by atoms with Crippen LogP contribution in [0.5, 0.6) is 0 Å².